The minimum atomic E-state index is -2.62. The molecule has 0 heterocycles. The van der Waals surface area contributed by atoms with Crippen LogP contribution in [0.15, 0.2) is 30.3 Å². The van der Waals surface area contributed by atoms with Gasteiger partial charge in [0.2, 0.25) is 0 Å². The van der Waals surface area contributed by atoms with E-state index in [2.05, 4.69) is 37.3 Å². The van der Waals surface area contributed by atoms with E-state index in [-0.39, 0.29) is 0 Å². The van der Waals surface area contributed by atoms with Crippen molar-refractivity contribution in [2.24, 2.45) is 0 Å². The highest BCUT2D eigenvalue weighted by molar-refractivity contribution is 7.38. The maximum atomic E-state index is 7.23. The zero-order valence-corrected chi connectivity index (χ0v) is 13.4. The van der Waals surface area contributed by atoms with Crippen LogP contribution in [0.3, 0.4) is 0 Å². The number of rotatable bonds is 9. The molecule has 0 saturated carbocycles. The van der Waals surface area contributed by atoms with E-state index in [4.69, 9.17) is 14.7 Å². The maximum Gasteiger partial charge on any atom is 0.324 e. The number of hydrogen-bond acceptors (Lipinski definition) is 3. The molecule has 1 aromatic rings. The molecule has 0 aliphatic carbocycles. The molecule has 116 valence electrons. The molecular weight excluding hydrogens is 271 g/mol. The van der Waals surface area contributed by atoms with Crippen molar-refractivity contribution < 1.29 is 14.7 Å². The van der Waals surface area contributed by atoms with Gasteiger partial charge in [0.05, 0.1) is 0 Å². The highest BCUT2D eigenvalue weighted by atomic mass is 31.2. The van der Waals surface area contributed by atoms with Crippen LogP contribution in [0, 0.1) is 0 Å². The van der Waals surface area contributed by atoms with Crippen molar-refractivity contribution in [2.45, 2.75) is 64.7 Å². The summed E-state index contributed by atoms with van der Waals surface area (Å²) in [5, 5.41) is 0. The largest absolute Gasteiger partial charge is 0.328 e. The molecule has 1 rings (SSSR count). The number of hydrogen-bond donors (Lipinski definition) is 3. The molecule has 0 radical (unpaired) electrons. The molecule has 3 nitrogen and oxygen atoms in total. The van der Waals surface area contributed by atoms with Crippen molar-refractivity contribution in [3.8, 4) is 0 Å². The van der Waals surface area contributed by atoms with Crippen LogP contribution in [0.5, 0.6) is 0 Å². The molecule has 0 saturated heterocycles. The van der Waals surface area contributed by atoms with E-state index in [0.717, 1.165) is 0 Å². The maximum absolute atomic E-state index is 7.23. The third kappa shape index (κ3) is 15.6. The highest BCUT2D eigenvalue weighted by Gasteiger charge is 1.93. The first-order valence-electron chi connectivity index (χ1n) is 7.57. The molecule has 0 bridgehead atoms. The Morgan fingerprint density at radius 3 is 1.70 bits per heavy atom. The average Bonchev–Trinajstić information content (AvgIpc) is 2.42. The van der Waals surface area contributed by atoms with Gasteiger partial charge in [-0.25, -0.2) is 0 Å². The van der Waals surface area contributed by atoms with Crippen LogP contribution in [-0.4, -0.2) is 14.7 Å². The molecule has 0 spiro atoms. The van der Waals surface area contributed by atoms with Crippen LogP contribution in [0.2, 0.25) is 0 Å². The standard InChI is InChI=1S/C16H26.H3O3P/c1-2-3-4-5-6-7-8-10-13-16-14-11-9-12-15-16;1-4(2)3/h9,11-12,14-15H,2-8,10,13H2,1H3;1-3H. The summed E-state index contributed by atoms with van der Waals surface area (Å²) < 4.78 is 0. The predicted octanol–water partition coefficient (Wildman–Crippen LogP) is 4.56. The first-order chi connectivity index (χ1) is 9.66. The molecule has 0 unspecified atom stereocenters. The molecule has 1 aromatic carbocycles. The minimum absolute atomic E-state index is 1.26. The Balaban J connectivity index is 0.000000796. The van der Waals surface area contributed by atoms with E-state index in [1.807, 2.05) is 0 Å². The SMILES string of the molecule is CCCCCCCCCCc1ccccc1.OP(O)O. The van der Waals surface area contributed by atoms with E-state index in [0.29, 0.717) is 0 Å². The molecule has 0 fully saturated rings. The number of unbranched alkanes of at least 4 members (excludes halogenated alkanes) is 7. The lowest BCUT2D eigenvalue weighted by Crippen LogP contribution is -1.85. The third-order valence-electron chi connectivity index (χ3n) is 3.16. The van der Waals surface area contributed by atoms with Crippen LogP contribution in [0.1, 0.15) is 63.9 Å². The van der Waals surface area contributed by atoms with Crippen molar-refractivity contribution in [2.75, 3.05) is 0 Å². The minimum Gasteiger partial charge on any atom is -0.328 e. The molecule has 4 heteroatoms. The summed E-state index contributed by atoms with van der Waals surface area (Å²) in [6, 6.07) is 10.8. The zero-order chi connectivity index (χ0) is 15.1. The fourth-order valence-corrected chi connectivity index (χ4v) is 2.11. The van der Waals surface area contributed by atoms with Crippen molar-refractivity contribution in [3.05, 3.63) is 35.9 Å². The van der Waals surface area contributed by atoms with Gasteiger partial charge in [-0.1, -0.05) is 82.2 Å². The predicted molar refractivity (Wildman–Crippen MR) is 86.3 cm³/mol. The van der Waals surface area contributed by atoms with Crippen molar-refractivity contribution in [1.82, 2.24) is 0 Å². The summed E-state index contributed by atoms with van der Waals surface area (Å²) in [5.41, 5.74) is 1.49. The van der Waals surface area contributed by atoms with Crippen LogP contribution >= 0.6 is 8.60 Å². The number of benzene rings is 1. The fraction of sp³-hybridized carbons (Fsp3) is 0.625. The van der Waals surface area contributed by atoms with Gasteiger partial charge in [0, 0.05) is 0 Å². The quantitative estimate of drug-likeness (QED) is 0.463. The lowest BCUT2D eigenvalue weighted by molar-refractivity contribution is 0.368. The number of aryl methyl sites for hydroxylation is 1. The molecule has 0 amide bonds. The summed E-state index contributed by atoms with van der Waals surface area (Å²) >= 11 is 0. The second-order valence-corrected chi connectivity index (χ2v) is 5.52. The van der Waals surface area contributed by atoms with Gasteiger partial charge in [-0.3, -0.25) is 0 Å². The Bertz CT molecular complexity index is 288. The average molecular weight is 300 g/mol. The van der Waals surface area contributed by atoms with Crippen LogP contribution in [-0.2, 0) is 6.42 Å². The molecule has 0 aliphatic heterocycles. The summed E-state index contributed by atoms with van der Waals surface area (Å²) in [7, 11) is -2.62. The van der Waals surface area contributed by atoms with Gasteiger partial charge in [0.25, 0.3) is 0 Å². The summed E-state index contributed by atoms with van der Waals surface area (Å²) in [6.45, 7) is 2.28. The van der Waals surface area contributed by atoms with E-state index in [1.54, 1.807) is 0 Å². The Labute approximate surface area is 124 Å². The van der Waals surface area contributed by atoms with Crippen molar-refractivity contribution in [3.63, 3.8) is 0 Å². The van der Waals surface area contributed by atoms with Gasteiger partial charge in [-0.15, -0.1) is 0 Å². The second-order valence-electron chi connectivity index (χ2n) is 4.98. The summed E-state index contributed by atoms with van der Waals surface area (Å²) in [4.78, 5) is 21.7. The smallest absolute Gasteiger partial charge is 0.324 e. The molecule has 0 aromatic heterocycles. The lowest BCUT2D eigenvalue weighted by atomic mass is 10.0. The van der Waals surface area contributed by atoms with Gasteiger partial charge in [-0.2, -0.15) is 0 Å². The Hall–Kier alpha value is -0.470. The van der Waals surface area contributed by atoms with Crippen LogP contribution in [0.4, 0.5) is 0 Å². The normalized spacial score (nSPS) is 10.2. The molecule has 20 heavy (non-hydrogen) atoms. The Kier molecular flexibility index (Phi) is 14.6. The molecule has 0 aliphatic rings. The van der Waals surface area contributed by atoms with E-state index in [1.165, 1.54) is 63.4 Å². The van der Waals surface area contributed by atoms with Crippen LogP contribution in [0.25, 0.3) is 0 Å². The van der Waals surface area contributed by atoms with Gasteiger partial charge in [0.15, 0.2) is 0 Å². The van der Waals surface area contributed by atoms with E-state index < -0.39 is 8.60 Å². The van der Waals surface area contributed by atoms with Gasteiger partial charge >= 0.3 is 8.60 Å². The molecular formula is C16H29O3P. The van der Waals surface area contributed by atoms with Crippen molar-refractivity contribution >= 4 is 8.60 Å². The van der Waals surface area contributed by atoms with Gasteiger partial charge < -0.3 is 14.7 Å². The first-order valence-corrected chi connectivity index (χ1v) is 8.77. The van der Waals surface area contributed by atoms with Crippen LogP contribution < -0.4 is 0 Å². The highest BCUT2D eigenvalue weighted by Crippen LogP contribution is 2.12. The van der Waals surface area contributed by atoms with Gasteiger partial charge in [0.1, 0.15) is 0 Å². The van der Waals surface area contributed by atoms with E-state index in [9.17, 15) is 0 Å². The fourth-order valence-electron chi connectivity index (χ4n) is 2.11. The zero-order valence-electron chi connectivity index (χ0n) is 12.5. The summed E-state index contributed by atoms with van der Waals surface area (Å²) in [5.74, 6) is 0. The Morgan fingerprint density at radius 1 is 0.750 bits per heavy atom. The third-order valence-corrected chi connectivity index (χ3v) is 3.16. The second kappa shape index (κ2) is 14.9. The van der Waals surface area contributed by atoms with Crippen molar-refractivity contribution in [1.29, 1.82) is 0 Å². The lowest BCUT2D eigenvalue weighted by Gasteiger charge is -2.02. The van der Waals surface area contributed by atoms with Gasteiger partial charge in [-0.05, 0) is 18.4 Å². The monoisotopic (exact) mass is 300 g/mol. The Morgan fingerprint density at radius 2 is 1.20 bits per heavy atom. The first kappa shape index (κ1) is 19.5. The van der Waals surface area contributed by atoms with E-state index >= 15 is 0 Å². The molecule has 0 atom stereocenters. The topological polar surface area (TPSA) is 60.7 Å². The molecule has 3 N–H and O–H groups in total. The summed E-state index contributed by atoms with van der Waals surface area (Å²) in [6.07, 6.45) is 12.5.